The number of pyridine rings is 1. The quantitative estimate of drug-likeness (QED) is 0.770. The van der Waals surface area contributed by atoms with E-state index in [4.69, 9.17) is 16.7 Å². The van der Waals surface area contributed by atoms with Crippen LogP contribution >= 0.6 is 11.6 Å². The van der Waals surface area contributed by atoms with Crippen molar-refractivity contribution in [2.24, 2.45) is 5.14 Å². The van der Waals surface area contributed by atoms with Crippen LogP contribution < -0.4 is 10.5 Å². The minimum absolute atomic E-state index is 0.0764. The number of sulfonamides is 1. The fourth-order valence-corrected chi connectivity index (χ4v) is 4.02. The third-order valence-corrected chi connectivity index (χ3v) is 5.69. The largest absolute Gasteiger partial charge is 0.326 e. The number of hydrogen-bond donors (Lipinski definition) is 2. The van der Waals surface area contributed by atoms with Crippen molar-refractivity contribution in [3.63, 3.8) is 0 Å². The molecule has 146 valence electrons. The van der Waals surface area contributed by atoms with E-state index in [1.54, 1.807) is 24.5 Å². The molecule has 1 aliphatic carbocycles. The number of nitrogens with zero attached hydrogens (tertiary/aromatic N) is 1. The van der Waals surface area contributed by atoms with E-state index in [0.717, 1.165) is 24.0 Å². The van der Waals surface area contributed by atoms with Crippen LogP contribution in [0.3, 0.4) is 0 Å². The summed E-state index contributed by atoms with van der Waals surface area (Å²) in [5.41, 5.74) is 3.05. The Morgan fingerprint density at radius 3 is 2.75 bits per heavy atom. The Morgan fingerprint density at radius 1 is 1.29 bits per heavy atom. The van der Waals surface area contributed by atoms with Crippen molar-refractivity contribution in [3.8, 4) is 11.1 Å². The average molecular weight is 418 g/mol. The molecule has 1 aromatic carbocycles. The fraction of sp³-hybridized carbons (Fsp3) is 0.200. The Kier molecular flexibility index (Phi) is 5.98. The van der Waals surface area contributed by atoms with Gasteiger partial charge in [-0.25, -0.2) is 13.6 Å². The number of hydrogen-bond acceptors (Lipinski definition) is 4. The maximum atomic E-state index is 12.4. The number of anilines is 1. The molecule has 0 unspecified atom stereocenters. The standard InChI is InChI=1S/C20H20ClN3O3S/c1-13-8-15(12-23-11-13)17-7-6-16(10-19(17)28(22,26)27)24-20(25)9-14-4-2-3-5-18(14)21/h2,4,6-8,10-12H,3,5,9H2,1H3,(H,24,25)(H2,22,26,27). The van der Waals surface area contributed by atoms with Gasteiger partial charge in [0.2, 0.25) is 15.9 Å². The first-order chi connectivity index (χ1) is 13.2. The van der Waals surface area contributed by atoms with Gasteiger partial charge in [-0.2, -0.15) is 0 Å². The molecule has 0 atom stereocenters. The predicted molar refractivity (Wildman–Crippen MR) is 110 cm³/mol. The summed E-state index contributed by atoms with van der Waals surface area (Å²) >= 11 is 6.16. The molecule has 2 aromatic rings. The maximum absolute atomic E-state index is 12.4. The van der Waals surface area contributed by atoms with Crippen LogP contribution in [0.1, 0.15) is 24.8 Å². The molecule has 0 fully saturated rings. The van der Waals surface area contributed by atoms with Gasteiger partial charge in [0.25, 0.3) is 0 Å². The number of primary sulfonamides is 1. The molecular formula is C20H20ClN3O3S. The first-order valence-corrected chi connectivity index (χ1v) is 10.6. The first-order valence-electron chi connectivity index (χ1n) is 8.67. The normalized spacial score (nSPS) is 14.2. The van der Waals surface area contributed by atoms with Gasteiger partial charge in [-0.1, -0.05) is 29.8 Å². The van der Waals surface area contributed by atoms with E-state index in [1.807, 2.05) is 25.1 Å². The molecule has 1 aromatic heterocycles. The summed E-state index contributed by atoms with van der Waals surface area (Å²) in [6.07, 6.45) is 8.75. The maximum Gasteiger partial charge on any atom is 0.238 e. The summed E-state index contributed by atoms with van der Waals surface area (Å²) < 4.78 is 24.2. The third-order valence-electron chi connectivity index (χ3n) is 4.31. The van der Waals surface area contributed by atoms with E-state index in [9.17, 15) is 13.2 Å². The molecule has 0 aliphatic heterocycles. The van der Waals surface area contributed by atoms with E-state index >= 15 is 0 Å². The summed E-state index contributed by atoms with van der Waals surface area (Å²) in [4.78, 5) is 16.4. The number of rotatable bonds is 5. The lowest BCUT2D eigenvalue weighted by Gasteiger charge is -2.13. The Balaban J connectivity index is 1.89. The monoisotopic (exact) mass is 417 g/mol. The van der Waals surface area contributed by atoms with Gasteiger partial charge >= 0.3 is 0 Å². The summed E-state index contributed by atoms with van der Waals surface area (Å²) in [7, 11) is -4.01. The molecule has 1 amide bonds. The van der Waals surface area contributed by atoms with Gasteiger partial charge < -0.3 is 5.32 Å². The third kappa shape index (κ3) is 4.86. The molecule has 3 N–H and O–H groups in total. The minimum Gasteiger partial charge on any atom is -0.326 e. The molecule has 0 bridgehead atoms. The van der Waals surface area contributed by atoms with Gasteiger partial charge in [0.05, 0.1) is 11.3 Å². The second-order valence-corrected chi connectivity index (χ2v) is 8.59. The first kappa shape index (κ1) is 20.3. The number of aryl methyl sites for hydroxylation is 1. The minimum atomic E-state index is -4.01. The van der Waals surface area contributed by atoms with Crippen LogP contribution in [0.15, 0.2) is 64.3 Å². The molecule has 0 saturated carbocycles. The van der Waals surface area contributed by atoms with Crippen LogP contribution in [0.25, 0.3) is 11.1 Å². The van der Waals surface area contributed by atoms with Crippen molar-refractivity contribution < 1.29 is 13.2 Å². The van der Waals surface area contributed by atoms with E-state index in [1.165, 1.54) is 6.07 Å². The molecule has 0 spiro atoms. The number of carbonyl (C=O) groups excluding carboxylic acids is 1. The highest BCUT2D eigenvalue weighted by atomic mass is 35.5. The van der Waals surface area contributed by atoms with Crippen LogP contribution in [0, 0.1) is 6.92 Å². The SMILES string of the molecule is Cc1cncc(-c2ccc(NC(=O)CC3=C(Cl)CCC=C3)cc2S(N)(=O)=O)c1. The van der Waals surface area contributed by atoms with E-state index in [-0.39, 0.29) is 17.2 Å². The number of amides is 1. The molecular weight excluding hydrogens is 398 g/mol. The van der Waals surface area contributed by atoms with Crippen molar-refractivity contribution in [1.29, 1.82) is 0 Å². The lowest BCUT2D eigenvalue weighted by Crippen LogP contribution is -2.16. The topological polar surface area (TPSA) is 102 Å². The Bertz CT molecular complexity index is 1090. The molecule has 0 saturated heterocycles. The van der Waals surface area contributed by atoms with Crippen LogP contribution in [0.5, 0.6) is 0 Å². The van der Waals surface area contributed by atoms with Crippen molar-refractivity contribution >= 4 is 33.2 Å². The second-order valence-electron chi connectivity index (χ2n) is 6.60. The van der Waals surface area contributed by atoms with Gasteiger partial charge in [0, 0.05) is 34.2 Å². The van der Waals surface area contributed by atoms with Crippen molar-refractivity contribution in [2.45, 2.75) is 31.1 Å². The molecule has 6 nitrogen and oxygen atoms in total. The Labute approximate surface area is 169 Å². The number of carbonyl (C=O) groups is 1. The smallest absolute Gasteiger partial charge is 0.238 e. The second kappa shape index (κ2) is 8.26. The predicted octanol–water partition coefficient (Wildman–Crippen LogP) is 3.88. The molecule has 1 heterocycles. The zero-order valence-electron chi connectivity index (χ0n) is 15.3. The van der Waals surface area contributed by atoms with Crippen LogP contribution in [0.2, 0.25) is 0 Å². The lowest BCUT2D eigenvalue weighted by atomic mass is 10.0. The summed E-state index contributed by atoms with van der Waals surface area (Å²) in [6.45, 7) is 1.86. The Morgan fingerprint density at radius 2 is 2.07 bits per heavy atom. The zero-order valence-corrected chi connectivity index (χ0v) is 16.8. The summed E-state index contributed by atoms with van der Waals surface area (Å²) in [6, 6.07) is 6.42. The molecule has 8 heteroatoms. The van der Waals surface area contributed by atoms with Crippen molar-refractivity contribution in [2.75, 3.05) is 5.32 Å². The van der Waals surface area contributed by atoms with Gasteiger partial charge in [-0.05, 0) is 49.1 Å². The zero-order chi connectivity index (χ0) is 20.3. The van der Waals surface area contributed by atoms with Gasteiger partial charge in [-0.15, -0.1) is 0 Å². The van der Waals surface area contributed by atoms with E-state index < -0.39 is 10.0 Å². The lowest BCUT2D eigenvalue weighted by molar-refractivity contribution is -0.115. The highest BCUT2D eigenvalue weighted by Crippen LogP contribution is 2.30. The summed E-state index contributed by atoms with van der Waals surface area (Å²) in [5, 5.41) is 8.79. The van der Waals surface area contributed by atoms with Crippen LogP contribution in [-0.4, -0.2) is 19.3 Å². The number of nitrogens with two attached hydrogens (primary N) is 1. The van der Waals surface area contributed by atoms with E-state index in [2.05, 4.69) is 10.3 Å². The average Bonchev–Trinajstić information content (AvgIpc) is 2.63. The number of aromatic nitrogens is 1. The molecule has 28 heavy (non-hydrogen) atoms. The van der Waals surface area contributed by atoms with Crippen molar-refractivity contribution in [1.82, 2.24) is 4.98 Å². The fourth-order valence-electron chi connectivity index (χ4n) is 3.00. The number of halogens is 1. The van der Waals surface area contributed by atoms with Gasteiger partial charge in [0.15, 0.2) is 0 Å². The highest BCUT2D eigenvalue weighted by molar-refractivity contribution is 7.89. The number of nitrogens with one attached hydrogen (secondary N) is 1. The Hall–Kier alpha value is -2.48. The summed E-state index contributed by atoms with van der Waals surface area (Å²) in [5.74, 6) is -0.287. The highest BCUT2D eigenvalue weighted by Gasteiger charge is 2.18. The van der Waals surface area contributed by atoms with E-state index in [0.29, 0.717) is 21.8 Å². The van der Waals surface area contributed by atoms with Crippen LogP contribution in [0.4, 0.5) is 5.69 Å². The molecule has 1 aliphatic rings. The van der Waals surface area contributed by atoms with Gasteiger partial charge in [-0.3, -0.25) is 9.78 Å². The van der Waals surface area contributed by atoms with Gasteiger partial charge in [0.1, 0.15) is 0 Å². The number of benzene rings is 1. The molecule has 0 radical (unpaired) electrons. The van der Waals surface area contributed by atoms with Crippen LogP contribution in [-0.2, 0) is 14.8 Å². The number of allylic oxidation sites excluding steroid dienone is 3. The molecule has 3 rings (SSSR count). The van der Waals surface area contributed by atoms with Crippen molar-refractivity contribution in [3.05, 3.63) is 65.0 Å².